The quantitative estimate of drug-likeness (QED) is 0.707. The maximum Gasteiger partial charge on any atom is 0.304 e. The minimum atomic E-state index is -3.74. The number of aromatic nitrogens is 2. The van der Waals surface area contributed by atoms with Crippen molar-refractivity contribution < 1.29 is 18.3 Å². The maximum atomic E-state index is 12.3. The molecular weight excluding hydrogens is 270 g/mol. The van der Waals surface area contributed by atoms with Gasteiger partial charge >= 0.3 is 5.97 Å². The van der Waals surface area contributed by atoms with Crippen molar-refractivity contribution in [2.24, 2.45) is 5.92 Å². The Labute approximate surface area is 111 Å². The lowest BCUT2D eigenvalue weighted by Crippen LogP contribution is -2.38. The van der Waals surface area contributed by atoms with Gasteiger partial charge in [-0.3, -0.25) is 9.89 Å². The van der Waals surface area contributed by atoms with Gasteiger partial charge in [-0.25, -0.2) is 13.1 Å². The van der Waals surface area contributed by atoms with Crippen molar-refractivity contribution in [3.05, 3.63) is 11.4 Å². The molecule has 1 aromatic heterocycles. The molecule has 0 bridgehead atoms. The van der Waals surface area contributed by atoms with Crippen LogP contribution >= 0.6 is 0 Å². The van der Waals surface area contributed by atoms with Crippen LogP contribution in [0, 0.1) is 19.8 Å². The van der Waals surface area contributed by atoms with E-state index in [1.165, 1.54) is 0 Å². The zero-order chi connectivity index (χ0) is 14.2. The second-order valence-electron chi connectivity index (χ2n) is 4.93. The van der Waals surface area contributed by atoms with E-state index in [0.717, 1.165) is 12.8 Å². The van der Waals surface area contributed by atoms with Crippen molar-refractivity contribution in [3.8, 4) is 0 Å². The first-order valence-electron chi connectivity index (χ1n) is 6.07. The summed E-state index contributed by atoms with van der Waals surface area (Å²) in [5.41, 5.74) is 0.838. The molecule has 3 N–H and O–H groups in total. The minimum absolute atomic E-state index is 0.114. The van der Waals surface area contributed by atoms with E-state index in [9.17, 15) is 13.2 Å². The number of sulfonamides is 1. The Hall–Kier alpha value is -1.41. The number of nitrogens with one attached hydrogen (secondary N) is 2. The molecule has 1 aromatic rings. The average Bonchev–Trinajstić information content (AvgIpc) is 3.03. The molecule has 1 saturated carbocycles. The Morgan fingerprint density at radius 1 is 1.53 bits per heavy atom. The van der Waals surface area contributed by atoms with Crippen molar-refractivity contribution in [3.63, 3.8) is 0 Å². The second-order valence-corrected chi connectivity index (χ2v) is 6.58. The van der Waals surface area contributed by atoms with E-state index in [1.807, 2.05) is 0 Å². The van der Waals surface area contributed by atoms with Crippen molar-refractivity contribution in [1.82, 2.24) is 14.9 Å². The summed E-state index contributed by atoms with van der Waals surface area (Å²) in [5.74, 6) is -0.876. The van der Waals surface area contributed by atoms with Crippen LogP contribution in [0.25, 0.3) is 0 Å². The molecule has 0 aromatic carbocycles. The lowest BCUT2D eigenvalue weighted by Gasteiger charge is -2.16. The van der Waals surface area contributed by atoms with Gasteiger partial charge in [0.1, 0.15) is 4.90 Å². The van der Waals surface area contributed by atoms with Gasteiger partial charge in [0.15, 0.2) is 0 Å². The molecule has 7 nitrogen and oxygen atoms in total. The number of aliphatic carboxylic acids is 1. The Morgan fingerprint density at radius 3 is 2.58 bits per heavy atom. The topological polar surface area (TPSA) is 112 Å². The zero-order valence-electron chi connectivity index (χ0n) is 10.8. The molecule has 0 amide bonds. The van der Waals surface area contributed by atoms with E-state index in [4.69, 9.17) is 5.11 Å². The van der Waals surface area contributed by atoms with Crippen LogP contribution in [0.3, 0.4) is 0 Å². The summed E-state index contributed by atoms with van der Waals surface area (Å²) >= 11 is 0. The molecule has 0 radical (unpaired) electrons. The van der Waals surface area contributed by atoms with Crippen LogP contribution in [0.4, 0.5) is 0 Å². The van der Waals surface area contributed by atoms with Crippen LogP contribution in [0.1, 0.15) is 30.7 Å². The standard InChI is InChI=1S/C11H17N3O4S/c1-6-11(7(2)13-12-6)19(17,18)14-9(5-10(15)16)8-3-4-8/h8-9,14H,3-5H2,1-2H3,(H,12,13)(H,15,16). The van der Waals surface area contributed by atoms with Crippen molar-refractivity contribution >= 4 is 16.0 Å². The smallest absolute Gasteiger partial charge is 0.304 e. The first-order valence-corrected chi connectivity index (χ1v) is 7.55. The molecule has 1 heterocycles. The molecule has 2 rings (SSSR count). The maximum absolute atomic E-state index is 12.3. The molecule has 106 valence electrons. The van der Waals surface area contributed by atoms with Gasteiger partial charge in [-0.05, 0) is 32.6 Å². The first-order chi connectivity index (χ1) is 8.81. The van der Waals surface area contributed by atoms with E-state index in [1.54, 1.807) is 13.8 Å². The number of carboxylic acid groups (broad SMARTS) is 1. The molecule has 0 aliphatic heterocycles. The van der Waals surface area contributed by atoms with E-state index in [0.29, 0.717) is 11.4 Å². The van der Waals surface area contributed by atoms with Crippen molar-refractivity contribution in [2.75, 3.05) is 0 Å². The highest BCUT2D eigenvalue weighted by Gasteiger charge is 2.36. The SMILES string of the molecule is Cc1n[nH]c(C)c1S(=O)(=O)NC(CC(=O)O)C1CC1. The molecule has 1 unspecified atom stereocenters. The summed E-state index contributed by atoms with van der Waals surface area (Å²) < 4.78 is 27.1. The molecule has 1 aliphatic carbocycles. The number of carboxylic acids is 1. The Kier molecular flexibility index (Phi) is 3.64. The van der Waals surface area contributed by atoms with Gasteiger partial charge in [0.05, 0.1) is 17.8 Å². The molecule has 1 atom stereocenters. The van der Waals surface area contributed by atoms with Crippen molar-refractivity contribution in [2.45, 2.75) is 44.0 Å². The fraction of sp³-hybridized carbons (Fsp3) is 0.636. The van der Waals surface area contributed by atoms with Gasteiger partial charge in [0, 0.05) is 6.04 Å². The molecule has 0 spiro atoms. The van der Waals surface area contributed by atoms with E-state index in [-0.39, 0.29) is 17.2 Å². The Bertz CT molecular complexity index is 570. The molecule has 0 saturated heterocycles. The highest BCUT2D eigenvalue weighted by Crippen LogP contribution is 2.35. The van der Waals surface area contributed by atoms with Gasteiger partial charge in [-0.1, -0.05) is 0 Å². The summed E-state index contributed by atoms with van der Waals surface area (Å²) in [6.45, 7) is 3.22. The van der Waals surface area contributed by atoms with Gasteiger partial charge in [0.2, 0.25) is 10.0 Å². The lowest BCUT2D eigenvalue weighted by molar-refractivity contribution is -0.137. The largest absolute Gasteiger partial charge is 0.481 e. The fourth-order valence-electron chi connectivity index (χ4n) is 2.19. The Morgan fingerprint density at radius 2 is 2.16 bits per heavy atom. The Balaban J connectivity index is 2.22. The van der Waals surface area contributed by atoms with Gasteiger partial charge in [-0.2, -0.15) is 5.10 Å². The van der Waals surface area contributed by atoms with E-state index >= 15 is 0 Å². The van der Waals surface area contributed by atoms with E-state index in [2.05, 4.69) is 14.9 Å². The monoisotopic (exact) mass is 287 g/mol. The number of rotatable bonds is 6. The highest BCUT2D eigenvalue weighted by molar-refractivity contribution is 7.89. The highest BCUT2D eigenvalue weighted by atomic mass is 32.2. The third kappa shape index (κ3) is 3.13. The predicted octanol–water partition coefficient (Wildman–Crippen LogP) is 0.558. The lowest BCUT2D eigenvalue weighted by atomic mass is 10.1. The van der Waals surface area contributed by atoms with Crippen LogP contribution in [-0.2, 0) is 14.8 Å². The summed E-state index contributed by atoms with van der Waals surface area (Å²) in [5, 5.41) is 15.3. The molecule has 1 fully saturated rings. The summed E-state index contributed by atoms with van der Waals surface area (Å²) in [4.78, 5) is 10.9. The normalized spacial score (nSPS) is 17.4. The number of hydrogen-bond donors (Lipinski definition) is 3. The fourth-order valence-corrected chi connectivity index (χ4v) is 3.86. The third-order valence-electron chi connectivity index (χ3n) is 3.22. The number of carbonyl (C=O) groups is 1. The molecule has 8 heteroatoms. The van der Waals surface area contributed by atoms with Gasteiger partial charge < -0.3 is 5.11 Å². The predicted molar refractivity (Wildman–Crippen MR) is 67.1 cm³/mol. The zero-order valence-corrected chi connectivity index (χ0v) is 11.6. The van der Waals surface area contributed by atoms with Crippen molar-refractivity contribution in [1.29, 1.82) is 0 Å². The molecule has 19 heavy (non-hydrogen) atoms. The number of aromatic amines is 1. The van der Waals surface area contributed by atoms with Crippen LogP contribution in [0.2, 0.25) is 0 Å². The van der Waals surface area contributed by atoms with Crippen LogP contribution in [0.5, 0.6) is 0 Å². The third-order valence-corrected chi connectivity index (χ3v) is 4.97. The number of H-pyrrole nitrogens is 1. The van der Waals surface area contributed by atoms with Crippen LogP contribution in [0.15, 0.2) is 4.90 Å². The second kappa shape index (κ2) is 4.93. The minimum Gasteiger partial charge on any atom is -0.481 e. The average molecular weight is 287 g/mol. The first kappa shape index (κ1) is 14.0. The molecule has 1 aliphatic rings. The number of nitrogens with zero attached hydrogens (tertiary/aromatic N) is 1. The van der Waals surface area contributed by atoms with Gasteiger partial charge in [0.25, 0.3) is 0 Å². The molecular formula is C11H17N3O4S. The summed E-state index contributed by atoms with van der Waals surface area (Å²) in [6.07, 6.45) is 1.54. The van der Waals surface area contributed by atoms with Crippen LogP contribution < -0.4 is 4.72 Å². The number of aryl methyl sites for hydroxylation is 2. The van der Waals surface area contributed by atoms with Crippen LogP contribution in [-0.4, -0.2) is 35.7 Å². The number of hydrogen-bond acceptors (Lipinski definition) is 4. The van der Waals surface area contributed by atoms with Gasteiger partial charge in [-0.15, -0.1) is 0 Å². The summed E-state index contributed by atoms with van der Waals surface area (Å²) in [6, 6.07) is -0.545. The van der Waals surface area contributed by atoms with E-state index < -0.39 is 22.0 Å². The summed E-state index contributed by atoms with van der Waals surface area (Å²) in [7, 11) is -3.74.